The third kappa shape index (κ3) is 9.45. The van der Waals surface area contributed by atoms with Crippen molar-refractivity contribution in [2.45, 2.75) is 165 Å². The summed E-state index contributed by atoms with van der Waals surface area (Å²) in [5.41, 5.74) is 0. The summed E-state index contributed by atoms with van der Waals surface area (Å²) < 4.78 is 31.4. The van der Waals surface area contributed by atoms with Crippen LogP contribution in [0.1, 0.15) is 85.5 Å². The number of nitrogens with one attached hydrogen (secondary N) is 1. The van der Waals surface area contributed by atoms with E-state index in [0.29, 0.717) is 19.3 Å². The van der Waals surface area contributed by atoms with Crippen LogP contribution >= 0.6 is 0 Å². The number of likely N-dealkylation sites (N-methyl/N-ethyl adjacent to an activating group) is 1. The number of carbonyl (C=O) groups is 2. The molecule has 0 aromatic heterocycles. The Morgan fingerprint density at radius 1 is 0.896 bits per heavy atom. The average molecular weight is 689 g/mol. The first kappa shape index (κ1) is 39.3. The Kier molecular flexibility index (Phi) is 14.5. The molecule has 2 aliphatic carbocycles. The van der Waals surface area contributed by atoms with Crippen molar-refractivity contribution < 1.29 is 58.8 Å². The third-order valence-electron chi connectivity index (χ3n) is 10.6. The van der Waals surface area contributed by atoms with Crippen molar-refractivity contribution in [3.63, 3.8) is 0 Å². The van der Waals surface area contributed by atoms with Crippen LogP contribution in [0, 0.1) is 17.8 Å². The van der Waals surface area contributed by atoms with Gasteiger partial charge in [0, 0.05) is 21.0 Å². The Hall–Kier alpha value is -1.46. The monoisotopic (exact) mass is 688 g/mol. The van der Waals surface area contributed by atoms with E-state index in [9.17, 15) is 35.1 Å². The van der Waals surface area contributed by atoms with E-state index in [0.717, 1.165) is 38.5 Å². The Balaban J connectivity index is 1.63. The average Bonchev–Trinajstić information content (AvgIpc) is 3.05. The van der Waals surface area contributed by atoms with E-state index in [-0.39, 0.29) is 23.7 Å². The number of hydrogen-bond acceptors (Lipinski definition) is 12. The minimum Gasteiger partial charge on any atom is -0.394 e. The Bertz CT molecular complexity index is 1030. The predicted molar refractivity (Wildman–Crippen MR) is 172 cm³/mol. The van der Waals surface area contributed by atoms with E-state index >= 15 is 0 Å². The molecule has 2 aliphatic heterocycles. The second-order valence-electron chi connectivity index (χ2n) is 14.7. The fraction of sp³-hybridized carbons (Fsp3) is 0.941. The van der Waals surface area contributed by atoms with Crippen LogP contribution in [0.25, 0.3) is 0 Å². The highest BCUT2D eigenvalue weighted by Crippen LogP contribution is 2.39. The molecule has 2 saturated heterocycles. The molecule has 4 rings (SSSR count). The molecular formula is C34H60N2O12. The molecule has 48 heavy (non-hydrogen) atoms. The van der Waals surface area contributed by atoms with Crippen molar-refractivity contribution in [3.8, 4) is 0 Å². The predicted octanol–water partition coefficient (Wildman–Crippen LogP) is 0.436. The summed E-state index contributed by atoms with van der Waals surface area (Å²) in [6.07, 6.45) is -5.67. The van der Waals surface area contributed by atoms with Gasteiger partial charge in [0.25, 0.3) is 5.91 Å². The summed E-state index contributed by atoms with van der Waals surface area (Å²) in [6.45, 7) is 6.45. The van der Waals surface area contributed by atoms with Crippen LogP contribution in [-0.2, 0) is 33.3 Å². The third-order valence-corrected chi connectivity index (χ3v) is 10.6. The summed E-state index contributed by atoms with van der Waals surface area (Å²) >= 11 is 0. The van der Waals surface area contributed by atoms with Gasteiger partial charge >= 0.3 is 0 Å². The van der Waals surface area contributed by atoms with Crippen LogP contribution in [0.3, 0.4) is 0 Å². The van der Waals surface area contributed by atoms with E-state index in [1.807, 2.05) is 6.92 Å². The van der Waals surface area contributed by atoms with Crippen LogP contribution < -0.4 is 5.32 Å². The van der Waals surface area contributed by atoms with E-state index in [1.165, 1.54) is 11.8 Å². The Morgan fingerprint density at radius 3 is 2.19 bits per heavy atom. The lowest BCUT2D eigenvalue weighted by atomic mass is 9.77. The number of hydrogen-bond donors (Lipinski definition) is 6. The van der Waals surface area contributed by atoms with Gasteiger partial charge in [-0.25, -0.2) is 0 Å². The number of nitrogens with zero attached hydrogens (tertiary/aromatic N) is 1. The molecule has 6 N–H and O–H groups in total. The summed E-state index contributed by atoms with van der Waals surface area (Å²) in [5.74, 6) is -0.251. The molecule has 0 spiro atoms. The zero-order valence-corrected chi connectivity index (χ0v) is 29.3. The molecule has 2 amide bonds. The van der Waals surface area contributed by atoms with Gasteiger partial charge in [0.05, 0.1) is 24.9 Å². The number of ether oxygens (including phenoxy) is 5. The lowest BCUT2D eigenvalue weighted by Gasteiger charge is -2.49. The van der Waals surface area contributed by atoms with Gasteiger partial charge in [0.2, 0.25) is 5.91 Å². The topological polar surface area (TPSA) is 197 Å². The molecular weight excluding hydrogens is 628 g/mol. The number of aliphatic hydroxyl groups is 5. The molecule has 0 aromatic carbocycles. The molecule has 14 nitrogen and oxygen atoms in total. The van der Waals surface area contributed by atoms with Crippen molar-refractivity contribution in [3.05, 3.63) is 0 Å². The van der Waals surface area contributed by atoms with Gasteiger partial charge < -0.3 is 59.4 Å². The number of carbonyl (C=O) groups excluding carboxylic acids is 2. The van der Waals surface area contributed by atoms with E-state index in [2.05, 4.69) is 12.2 Å². The van der Waals surface area contributed by atoms with Crippen molar-refractivity contribution in [1.82, 2.24) is 10.2 Å². The lowest BCUT2D eigenvalue weighted by molar-refractivity contribution is -0.338. The molecule has 4 aliphatic rings. The number of amides is 2. The van der Waals surface area contributed by atoms with Crippen LogP contribution in [-0.4, -0.2) is 143 Å². The van der Waals surface area contributed by atoms with Crippen molar-refractivity contribution >= 4 is 11.8 Å². The number of aliphatic hydroxyl groups excluding tert-OH is 5. The maximum absolute atomic E-state index is 13.4. The first-order chi connectivity index (χ1) is 22.7. The summed E-state index contributed by atoms with van der Waals surface area (Å²) in [6, 6.07) is -1.06. The van der Waals surface area contributed by atoms with Crippen LogP contribution in [0.15, 0.2) is 0 Å². The fourth-order valence-corrected chi connectivity index (χ4v) is 7.92. The largest absolute Gasteiger partial charge is 0.394 e. The first-order valence-corrected chi connectivity index (χ1v) is 17.8. The smallest absolute Gasteiger partial charge is 0.251 e. The zero-order chi connectivity index (χ0) is 35.3. The molecule has 2 saturated carbocycles. The van der Waals surface area contributed by atoms with E-state index < -0.39 is 92.2 Å². The number of rotatable bonds is 12. The second kappa shape index (κ2) is 17.7. The highest BCUT2D eigenvalue weighted by Gasteiger charge is 2.52. The highest BCUT2D eigenvalue weighted by molar-refractivity contribution is 5.80. The first-order valence-electron chi connectivity index (χ1n) is 17.8. The molecule has 2 heterocycles. The van der Waals surface area contributed by atoms with Crippen molar-refractivity contribution in [2.24, 2.45) is 17.8 Å². The zero-order valence-electron chi connectivity index (χ0n) is 29.3. The molecule has 0 bridgehead atoms. The molecule has 15 atom stereocenters. The SMILES string of the molecule is CC[C@@H]1CC(C)C[C@@H](O[C@@H]2OC(CO)[C@H](O)C(O[C@@H](CC3CCCCC3)C(=O)N(C)C)C2NC(C)=O)[C@H]1O[C@@H]1OC(C)[C@@H](O)C(O)[C@@H]1O. The van der Waals surface area contributed by atoms with Gasteiger partial charge in [-0.1, -0.05) is 52.4 Å². The van der Waals surface area contributed by atoms with Crippen LogP contribution in [0.4, 0.5) is 0 Å². The normalized spacial score (nSPS) is 41.8. The summed E-state index contributed by atoms with van der Waals surface area (Å²) in [5, 5.41) is 56.0. The van der Waals surface area contributed by atoms with E-state index in [1.54, 1.807) is 21.0 Å². The Labute approximate surface area is 284 Å². The van der Waals surface area contributed by atoms with Gasteiger partial charge in [-0.15, -0.1) is 0 Å². The molecule has 0 aromatic rings. The Morgan fingerprint density at radius 2 is 1.58 bits per heavy atom. The van der Waals surface area contributed by atoms with E-state index in [4.69, 9.17) is 23.7 Å². The maximum atomic E-state index is 13.4. The van der Waals surface area contributed by atoms with Gasteiger partial charge in [0.1, 0.15) is 48.8 Å². The van der Waals surface area contributed by atoms with Gasteiger partial charge in [0.15, 0.2) is 12.6 Å². The summed E-state index contributed by atoms with van der Waals surface area (Å²) in [7, 11) is 3.30. The minimum absolute atomic E-state index is 0.0412. The fourth-order valence-electron chi connectivity index (χ4n) is 7.92. The molecule has 4 fully saturated rings. The standard InChI is InChI=1S/C34H60N2O12/c1-7-21-13-17(2)14-22(30(21)48-34-29(42)28(41)26(39)18(3)44-34)46-33-25(35-19(4)38)31(27(40)24(16-37)47-33)45-23(32(43)36(5)6)15-20-11-9-8-10-12-20/h17-18,20-31,33-34,37,39-42H,7-16H2,1-6H3,(H,35,38)/t17?,18?,21-,22-,23+,24?,25?,26-,27+,28?,29+,30+,31?,33-,34+/m1/s1. The summed E-state index contributed by atoms with van der Waals surface area (Å²) in [4.78, 5) is 27.5. The highest BCUT2D eigenvalue weighted by atomic mass is 16.7. The maximum Gasteiger partial charge on any atom is 0.251 e. The van der Waals surface area contributed by atoms with Gasteiger partial charge in [-0.3, -0.25) is 9.59 Å². The van der Waals surface area contributed by atoms with Gasteiger partial charge in [-0.2, -0.15) is 0 Å². The second-order valence-corrected chi connectivity index (χ2v) is 14.7. The van der Waals surface area contributed by atoms with Crippen molar-refractivity contribution in [1.29, 1.82) is 0 Å². The molecule has 14 heteroatoms. The molecule has 0 radical (unpaired) electrons. The lowest BCUT2D eigenvalue weighted by Crippen LogP contribution is -2.67. The van der Waals surface area contributed by atoms with Crippen molar-refractivity contribution in [2.75, 3.05) is 20.7 Å². The molecule has 6 unspecified atom stereocenters. The van der Waals surface area contributed by atoms with Crippen LogP contribution in [0.5, 0.6) is 0 Å². The minimum atomic E-state index is -1.51. The van der Waals surface area contributed by atoms with Crippen LogP contribution in [0.2, 0.25) is 0 Å². The molecule has 278 valence electrons. The quantitative estimate of drug-likeness (QED) is 0.166. The van der Waals surface area contributed by atoms with Gasteiger partial charge in [-0.05, 0) is 43.9 Å².